The van der Waals surface area contributed by atoms with Crippen molar-refractivity contribution in [2.24, 2.45) is 11.8 Å². The van der Waals surface area contributed by atoms with Crippen molar-refractivity contribution in [3.8, 4) is 6.07 Å². The van der Waals surface area contributed by atoms with E-state index in [2.05, 4.69) is 0 Å². The molecule has 0 unspecified atom stereocenters. The highest BCUT2D eigenvalue weighted by atomic mass is 16.5. The Hall–Kier alpha value is -2.56. The van der Waals surface area contributed by atoms with Gasteiger partial charge >= 0.3 is 12.0 Å². The van der Waals surface area contributed by atoms with Crippen LogP contribution in [0.3, 0.4) is 0 Å². The highest BCUT2D eigenvalue weighted by Crippen LogP contribution is 2.35. The third-order valence-electron chi connectivity index (χ3n) is 3.53. The topological polar surface area (TPSA) is 99.9 Å². The van der Waals surface area contributed by atoms with Gasteiger partial charge in [-0.3, -0.25) is 19.4 Å². The lowest BCUT2D eigenvalue weighted by Gasteiger charge is -2.44. The minimum Gasteiger partial charge on any atom is -0.466 e. The summed E-state index contributed by atoms with van der Waals surface area (Å²) in [6.45, 7) is 1.80. The highest BCUT2D eigenvalue weighted by molar-refractivity contribution is 6.00. The molecule has 0 aliphatic carbocycles. The third-order valence-corrected chi connectivity index (χ3v) is 3.53. The number of nitrogens with zero attached hydrogens (tertiary/aromatic N) is 3. The van der Waals surface area contributed by atoms with Crippen LogP contribution in [0.15, 0.2) is 11.8 Å². The second kappa shape index (κ2) is 5.44. The molecule has 0 bridgehead atoms. The lowest BCUT2D eigenvalue weighted by atomic mass is 9.85. The number of rotatable bonds is 2. The van der Waals surface area contributed by atoms with Gasteiger partial charge in [-0.15, -0.1) is 0 Å². The molecule has 1 fully saturated rings. The molecule has 2 aliphatic rings. The van der Waals surface area contributed by atoms with E-state index in [4.69, 9.17) is 14.7 Å². The van der Waals surface area contributed by atoms with Gasteiger partial charge in [0.1, 0.15) is 12.0 Å². The van der Waals surface area contributed by atoms with E-state index >= 15 is 0 Å². The Labute approximate surface area is 121 Å². The Morgan fingerprint density at radius 2 is 2.14 bits per heavy atom. The van der Waals surface area contributed by atoms with Crippen LogP contribution in [0, 0.1) is 23.2 Å². The first kappa shape index (κ1) is 14.8. The van der Waals surface area contributed by atoms with E-state index in [1.165, 1.54) is 25.1 Å². The molecular weight excluding hydrogens is 278 g/mol. The number of nitriles is 1. The molecule has 2 aliphatic heterocycles. The van der Waals surface area contributed by atoms with Gasteiger partial charge in [0, 0.05) is 14.1 Å². The number of amides is 3. The molecule has 8 heteroatoms. The van der Waals surface area contributed by atoms with E-state index < -0.39 is 36.0 Å². The van der Waals surface area contributed by atoms with Gasteiger partial charge in [-0.1, -0.05) is 0 Å². The van der Waals surface area contributed by atoms with Crippen LogP contribution in [0.5, 0.6) is 0 Å². The van der Waals surface area contributed by atoms with E-state index in [0.29, 0.717) is 0 Å². The molecule has 3 atom stereocenters. The molecule has 112 valence electrons. The Morgan fingerprint density at radius 3 is 2.71 bits per heavy atom. The summed E-state index contributed by atoms with van der Waals surface area (Å²) in [6, 6.07) is 1.24. The lowest BCUT2D eigenvalue weighted by Crippen LogP contribution is -2.63. The molecule has 0 radical (unpaired) electrons. The Bertz CT molecular complexity index is 565. The van der Waals surface area contributed by atoms with Gasteiger partial charge in [-0.25, -0.2) is 4.79 Å². The number of carbonyl (C=O) groups is 3. The number of carbonyl (C=O) groups excluding carboxylic acids is 3. The van der Waals surface area contributed by atoms with Crippen molar-refractivity contribution in [1.29, 1.82) is 5.26 Å². The van der Waals surface area contributed by atoms with Crippen molar-refractivity contribution in [3.05, 3.63) is 11.8 Å². The lowest BCUT2D eigenvalue weighted by molar-refractivity contribution is -0.166. The predicted octanol–water partition coefficient (Wildman–Crippen LogP) is 0.0695. The van der Waals surface area contributed by atoms with Crippen molar-refractivity contribution in [1.82, 2.24) is 9.80 Å². The van der Waals surface area contributed by atoms with Gasteiger partial charge in [0.25, 0.3) is 0 Å². The van der Waals surface area contributed by atoms with Gasteiger partial charge in [-0.2, -0.15) is 5.26 Å². The van der Waals surface area contributed by atoms with Crippen LogP contribution in [0.2, 0.25) is 0 Å². The summed E-state index contributed by atoms with van der Waals surface area (Å²) in [4.78, 5) is 38.4. The molecular formula is C13H15N3O5. The summed E-state index contributed by atoms with van der Waals surface area (Å²) in [5.74, 6) is -3.13. The summed E-state index contributed by atoms with van der Waals surface area (Å²) >= 11 is 0. The van der Waals surface area contributed by atoms with Gasteiger partial charge < -0.3 is 9.47 Å². The molecule has 3 amide bonds. The summed E-state index contributed by atoms with van der Waals surface area (Å²) in [6.07, 6.45) is 0.282. The summed E-state index contributed by atoms with van der Waals surface area (Å²) < 4.78 is 10.3. The molecule has 1 saturated heterocycles. The Morgan fingerprint density at radius 1 is 1.48 bits per heavy atom. The number of hydrogen-bond donors (Lipinski definition) is 0. The minimum atomic E-state index is -0.991. The van der Waals surface area contributed by atoms with Gasteiger partial charge in [0.15, 0.2) is 12.0 Å². The number of fused-ring (bicyclic) bond motifs is 1. The van der Waals surface area contributed by atoms with Crippen molar-refractivity contribution >= 4 is 17.9 Å². The number of imide groups is 1. The average molecular weight is 293 g/mol. The molecule has 2 rings (SSSR count). The fourth-order valence-corrected chi connectivity index (χ4v) is 2.46. The molecule has 0 N–H and O–H groups in total. The van der Waals surface area contributed by atoms with E-state index in [1.807, 2.05) is 0 Å². The Balaban J connectivity index is 2.44. The monoisotopic (exact) mass is 293 g/mol. The van der Waals surface area contributed by atoms with Crippen LogP contribution in [0.1, 0.15) is 6.92 Å². The number of allylic oxidation sites excluding steroid dienone is 1. The van der Waals surface area contributed by atoms with E-state index in [0.717, 1.165) is 4.90 Å². The second-order valence-corrected chi connectivity index (χ2v) is 4.75. The van der Waals surface area contributed by atoms with Crippen LogP contribution >= 0.6 is 0 Å². The van der Waals surface area contributed by atoms with E-state index in [1.54, 1.807) is 13.0 Å². The van der Waals surface area contributed by atoms with Gasteiger partial charge in [0.2, 0.25) is 5.91 Å². The number of ether oxygens (including phenoxy) is 2. The maximum atomic E-state index is 12.3. The highest BCUT2D eigenvalue weighted by Gasteiger charge is 2.52. The predicted molar refractivity (Wildman–Crippen MR) is 68.1 cm³/mol. The first-order valence-electron chi connectivity index (χ1n) is 6.42. The SMILES string of the molecule is CCOC(=O)[C@H]1C=C(C#N)O[C@H]2[C@@H]1C(=O)N(C)C(=O)N2C. The van der Waals surface area contributed by atoms with Crippen molar-refractivity contribution < 1.29 is 23.9 Å². The van der Waals surface area contributed by atoms with Crippen LogP contribution in [0.4, 0.5) is 4.79 Å². The third kappa shape index (κ3) is 2.31. The van der Waals surface area contributed by atoms with Crippen LogP contribution in [-0.4, -0.2) is 54.6 Å². The van der Waals surface area contributed by atoms with E-state index in [-0.39, 0.29) is 12.4 Å². The molecule has 0 aromatic heterocycles. The normalized spacial score (nSPS) is 28.3. The molecule has 0 saturated carbocycles. The zero-order chi connectivity index (χ0) is 15.7. The van der Waals surface area contributed by atoms with Gasteiger partial charge in [-0.05, 0) is 13.0 Å². The number of hydrogen-bond acceptors (Lipinski definition) is 6. The van der Waals surface area contributed by atoms with Crippen LogP contribution in [0.25, 0.3) is 0 Å². The maximum Gasteiger partial charge on any atom is 0.329 e. The zero-order valence-electron chi connectivity index (χ0n) is 11.9. The second-order valence-electron chi connectivity index (χ2n) is 4.75. The summed E-state index contributed by atoms with van der Waals surface area (Å²) in [5, 5.41) is 8.99. The largest absolute Gasteiger partial charge is 0.466 e. The minimum absolute atomic E-state index is 0.105. The fourth-order valence-electron chi connectivity index (χ4n) is 2.46. The molecule has 21 heavy (non-hydrogen) atoms. The molecule has 0 aromatic carbocycles. The number of esters is 1. The van der Waals surface area contributed by atoms with Crippen molar-refractivity contribution in [3.63, 3.8) is 0 Å². The number of urea groups is 1. The van der Waals surface area contributed by atoms with Crippen molar-refractivity contribution in [2.75, 3.05) is 20.7 Å². The van der Waals surface area contributed by atoms with Crippen molar-refractivity contribution in [2.45, 2.75) is 13.2 Å². The summed E-state index contributed by atoms with van der Waals surface area (Å²) in [5.41, 5.74) is 0. The van der Waals surface area contributed by atoms with Crippen LogP contribution < -0.4 is 0 Å². The smallest absolute Gasteiger partial charge is 0.329 e. The molecule has 0 spiro atoms. The van der Waals surface area contributed by atoms with E-state index in [9.17, 15) is 14.4 Å². The molecule has 2 heterocycles. The first-order chi connectivity index (χ1) is 9.92. The summed E-state index contributed by atoms with van der Waals surface area (Å²) in [7, 11) is 2.79. The fraction of sp³-hybridized carbons (Fsp3) is 0.538. The Kier molecular flexibility index (Phi) is 3.84. The average Bonchev–Trinajstić information content (AvgIpc) is 2.49. The first-order valence-corrected chi connectivity index (χ1v) is 6.42. The molecule has 8 nitrogen and oxygen atoms in total. The standard InChI is InChI=1S/C13H15N3O5/c1-4-20-12(18)8-5-7(6-14)21-11-9(8)10(17)15(2)13(19)16(11)3/h5,8-9,11H,4H2,1-3H3/t8-,9-,11-/m0/s1. The quantitative estimate of drug-likeness (QED) is 0.668. The van der Waals surface area contributed by atoms with Gasteiger partial charge in [0.05, 0.1) is 12.5 Å². The zero-order valence-corrected chi connectivity index (χ0v) is 11.9. The maximum absolute atomic E-state index is 12.3. The van der Waals surface area contributed by atoms with Crippen LogP contribution in [-0.2, 0) is 19.1 Å². The molecule has 0 aromatic rings.